The minimum absolute atomic E-state index is 0.134. The lowest BCUT2D eigenvalue weighted by Crippen LogP contribution is -2.33. The van der Waals surface area contributed by atoms with Crippen molar-refractivity contribution in [2.75, 3.05) is 5.32 Å². The second-order valence-electron chi connectivity index (χ2n) is 6.28. The van der Waals surface area contributed by atoms with Gasteiger partial charge in [-0.2, -0.15) is 0 Å². The van der Waals surface area contributed by atoms with E-state index in [4.69, 9.17) is 11.5 Å². The van der Waals surface area contributed by atoms with Crippen LogP contribution in [0.4, 0.5) is 5.69 Å². The van der Waals surface area contributed by atoms with Crippen molar-refractivity contribution in [3.8, 4) is 0 Å². The van der Waals surface area contributed by atoms with Gasteiger partial charge in [-0.15, -0.1) is 0 Å². The van der Waals surface area contributed by atoms with Crippen molar-refractivity contribution >= 4 is 23.4 Å². The van der Waals surface area contributed by atoms with E-state index in [1.807, 2.05) is 30.3 Å². The van der Waals surface area contributed by atoms with Gasteiger partial charge in [0.2, 0.25) is 17.7 Å². The molecule has 6 nitrogen and oxygen atoms in total. The topological polar surface area (TPSA) is 115 Å². The van der Waals surface area contributed by atoms with E-state index < -0.39 is 23.1 Å². The quantitative estimate of drug-likeness (QED) is 0.733. The highest BCUT2D eigenvalue weighted by Gasteiger charge is 2.63. The molecule has 6 heteroatoms. The average molecular weight is 337 g/mol. The van der Waals surface area contributed by atoms with E-state index in [2.05, 4.69) is 5.32 Å². The monoisotopic (exact) mass is 337 g/mol. The molecule has 2 aromatic carbocycles. The third-order valence-electron chi connectivity index (χ3n) is 4.64. The number of hydrogen-bond donors (Lipinski definition) is 3. The summed E-state index contributed by atoms with van der Waals surface area (Å²) in [5, 5.41) is 2.81. The molecule has 2 aromatic rings. The van der Waals surface area contributed by atoms with Gasteiger partial charge in [0, 0.05) is 5.69 Å². The number of amides is 3. The molecule has 0 heterocycles. The van der Waals surface area contributed by atoms with Gasteiger partial charge in [-0.25, -0.2) is 0 Å². The van der Waals surface area contributed by atoms with Crippen LogP contribution in [0, 0.1) is 5.92 Å². The lowest BCUT2D eigenvalue weighted by molar-refractivity contribution is -0.125. The van der Waals surface area contributed by atoms with Crippen LogP contribution in [-0.2, 0) is 26.2 Å². The molecular formula is C19H19N3O3. The summed E-state index contributed by atoms with van der Waals surface area (Å²) in [7, 11) is 0. The molecule has 2 unspecified atom stereocenters. The third kappa shape index (κ3) is 3.24. The van der Waals surface area contributed by atoms with E-state index >= 15 is 0 Å². The molecule has 1 saturated carbocycles. The number of anilines is 1. The fraction of sp³-hybridized carbons (Fsp3) is 0.211. The van der Waals surface area contributed by atoms with Gasteiger partial charge in [0.15, 0.2) is 0 Å². The normalized spacial score (nSPS) is 21.4. The molecule has 1 fully saturated rings. The molecule has 0 bridgehead atoms. The van der Waals surface area contributed by atoms with E-state index in [9.17, 15) is 14.4 Å². The summed E-state index contributed by atoms with van der Waals surface area (Å²) in [6, 6.07) is 16.2. The number of carbonyl (C=O) groups is 3. The number of nitrogens with two attached hydrogens (primary N) is 2. The smallest absolute Gasteiger partial charge is 0.228 e. The summed E-state index contributed by atoms with van der Waals surface area (Å²) in [5.41, 5.74) is 12.0. The number of hydrogen-bond acceptors (Lipinski definition) is 3. The van der Waals surface area contributed by atoms with Gasteiger partial charge in [0.05, 0.1) is 17.8 Å². The second kappa shape index (κ2) is 6.39. The first-order valence-corrected chi connectivity index (χ1v) is 7.97. The largest absolute Gasteiger partial charge is 0.369 e. The average Bonchev–Trinajstić information content (AvgIpc) is 3.34. The zero-order valence-electron chi connectivity index (χ0n) is 13.6. The van der Waals surface area contributed by atoms with Gasteiger partial charge in [-0.1, -0.05) is 42.5 Å². The van der Waals surface area contributed by atoms with Gasteiger partial charge < -0.3 is 16.8 Å². The van der Waals surface area contributed by atoms with E-state index in [0.717, 1.165) is 5.56 Å². The Bertz CT molecular complexity index is 818. The first-order chi connectivity index (χ1) is 11.9. The molecule has 3 amide bonds. The minimum atomic E-state index is -1.02. The van der Waals surface area contributed by atoms with Crippen molar-refractivity contribution < 1.29 is 14.4 Å². The van der Waals surface area contributed by atoms with Crippen molar-refractivity contribution in [2.45, 2.75) is 18.3 Å². The number of carbonyl (C=O) groups excluding carboxylic acids is 3. The summed E-state index contributed by atoms with van der Waals surface area (Å²) < 4.78 is 0. The van der Waals surface area contributed by atoms with Crippen molar-refractivity contribution in [3.63, 3.8) is 0 Å². The van der Waals surface area contributed by atoms with Crippen LogP contribution in [-0.4, -0.2) is 17.7 Å². The molecule has 0 aromatic heterocycles. The van der Waals surface area contributed by atoms with Crippen LogP contribution in [0.25, 0.3) is 0 Å². The fourth-order valence-corrected chi connectivity index (χ4v) is 3.18. The van der Waals surface area contributed by atoms with Crippen LogP contribution < -0.4 is 16.8 Å². The summed E-state index contributed by atoms with van der Waals surface area (Å²) in [6.07, 6.45) is 0.606. The Labute approximate surface area is 145 Å². The van der Waals surface area contributed by atoms with Crippen LogP contribution in [0.15, 0.2) is 54.6 Å². The first-order valence-electron chi connectivity index (χ1n) is 7.97. The highest BCUT2D eigenvalue weighted by atomic mass is 16.2. The third-order valence-corrected chi connectivity index (χ3v) is 4.64. The molecule has 0 spiro atoms. The zero-order valence-corrected chi connectivity index (χ0v) is 13.6. The Morgan fingerprint density at radius 2 is 1.64 bits per heavy atom. The van der Waals surface area contributed by atoms with Crippen LogP contribution >= 0.6 is 0 Å². The van der Waals surface area contributed by atoms with Gasteiger partial charge in [0.25, 0.3) is 0 Å². The Kier molecular flexibility index (Phi) is 4.27. The standard InChI is InChI=1S/C19H19N3O3/c20-17(24)15-11-19(15,18(21)25)13-6-8-14(9-7-13)22-16(23)10-12-4-2-1-3-5-12/h1-9,15H,10-11H2,(H2,20,24)(H2,21,25)(H,22,23). The molecule has 1 aliphatic carbocycles. The lowest BCUT2D eigenvalue weighted by Gasteiger charge is -2.14. The predicted octanol–water partition coefficient (Wildman–Crippen LogP) is 1.10. The van der Waals surface area contributed by atoms with Gasteiger partial charge in [-0.05, 0) is 29.7 Å². The lowest BCUT2D eigenvalue weighted by atomic mass is 9.92. The Morgan fingerprint density at radius 3 is 2.16 bits per heavy atom. The molecule has 1 aliphatic rings. The van der Waals surface area contributed by atoms with Crippen molar-refractivity contribution in [2.24, 2.45) is 17.4 Å². The maximum atomic E-state index is 12.1. The van der Waals surface area contributed by atoms with Gasteiger partial charge in [0.1, 0.15) is 0 Å². The molecule has 3 rings (SSSR count). The Hall–Kier alpha value is -3.15. The summed E-state index contributed by atoms with van der Waals surface area (Å²) in [6.45, 7) is 0. The highest BCUT2D eigenvalue weighted by molar-refractivity contribution is 5.99. The van der Waals surface area contributed by atoms with Gasteiger partial charge >= 0.3 is 0 Å². The van der Waals surface area contributed by atoms with Crippen molar-refractivity contribution in [3.05, 3.63) is 65.7 Å². The predicted molar refractivity (Wildman–Crippen MR) is 93.4 cm³/mol. The van der Waals surface area contributed by atoms with E-state index in [1.165, 1.54) is 0 Å². The summed E-state index contributed by atoms with van der Waals surface area (Å²) in [5.74, 6) is -1.79. The maximum absolute atomic E-state index is 12.1. The second-order valence-corrected chi connectivity index (χ2v) is 6.28. The van der Waals surface area contributed by atoms with E-state index in [1.54, 1.807) is 24.3 Å². The number of rotatable bonds is 6. The number of nitrogens with one attached hydrogen (secondary N) is 1. The van der Waals surface area contributed by atoms with Crippen LogP contribution in [0.5, 0.6) is 0 Å². The molecular weight excluding hydrogens is 318 g/mol. The SMILES string of the molecule is NC(=O)C1CC1(C(N)=O)c1ccc(NC(=O)Cc2ccccc2)cc1. The van der Waals surface area contributed by atoms with Crippen LogP contribution in [0.2, 0.25) is 0 Å². The van der Waals surface area contributed by atoms with Gasteiger partial charge in [-0.3, -0.25) is 14.4 Å². The maximum Gasteiger partial charge on any atom is 0.228 e. The minimum Gasteiger partial charge on any atom is -0.369 e. The molecule has 0 radical (unpaired) electrons. The molecule has 0 aliphatic heterocycles. The molecule has 5 N–H and O–H groups in total. The number of benzene rings is 2. The molecule has 2 atom stereocenters. The Morgan fingerprint density at radius 1 is 1.00 bits per heavy atom. The molecule has 0 saturated heterocycles. The summed E-state index contributed by atoms with van der Waals surface area (Å²) in [4.78, 5) is 35.3. The highest BCUT2D eigenvalue weighted by Crippen LogP contribution is 2.54. The summed E-state index contributed by atoms with van der Waals surface area (Å²) >= 11 is 0. The van der Waals surface area contributed by atoms with Crippen LogP contribution in [0.1, 0.15) is 17.5 Å². The van der Waals surface area contributed by atoms with E-state index in [-0.39, 0.29) is 12.3 Å². The van der Waals surface area contributed by atoms with Crippen molar-refractivity contribution in [1.82, 2.24) is 0 Å². The fourth-order valence-electron chi connectivity index (χ4n) is 3.18. The number of primary amides is 2. The van der Waals surface area contributed by atoms with Crippen LogP contribution in [0.3, 0.4) is 0 Å². The van der Waals surface area contributed by atoms with Crippen molar-refractivity contribution in [1.29, 1.82) is 0 Å². The first kappa shape index (κ1) is 16.7. The molecule has 25 heavy (non-hydrogen) atoms. The Balaban J connectivity index is 1.69. The molecule has 128 valence electrons. The van der Waals surface area contributed by atoms with E-state index in [0.29, 0.717) is 17.7 Å². The zero-order chi connectivity index (χ0) is 18.0.